The molecule has 1 aliphatic rings. The Bertz CT molecular complexity index is 663. The van der Waals surface area contributed by atoms with Crippen LogP contribution in [-0.2, 0) is 9.59 Å². The number of carboxylic acids is 1. The number of anilines is 1. The predicted octanol–water partition coefficient (Wildman–Crippen LogP) is 0.735. The summed E-state index contributed by atoms with van der Waals surface area (Å²) in [5.41, 5.74) is 6.37. The maximum atomic E-state index is 12.4. The number of aryl methyl sites for hydroxylation is 1. The molecule has 22 heavy (non-hydrogen) atoms. The largest absolute Gasteiger partial charge is 0.550 e. The highest BCUT2D eigenvalue weighted by molar-refractivity contribution is 7.16. The molecule has 1 aliphatic carbocycles. The van der Waals surface area contributed by atoms with Gasteiger partial charge in [-0.3, -0.25) is 9.59 Å². The zero-order valence-corrected chi connectivity index (χ0v) is 13.2. The normalized spacial score (nSPS) is 20.6. The fraction of sp³-hybridized carbons (Fsp3) is 0.400. The monoisotopic (exact) mass is 321 g/mol. The molecule has 6 nitrogen and oxygen atoms in total. The smallest absolute Gasteiger partial charge is 0.251 e. The van der Waals surface area contributed by atoms with Gasteiger partial charge in [-0.1, -0.05) is 12.2 Å². The molecule has 3 N–H and O–H groups in total. The standard InChI is InChI=1S/C15H18N2O4S/c1-7-8(2)22-14(11(7)12(16)18)17-13(19)9-5-3-4-6-10(9)15(20)21/h3-4,9-10H,5-6H2,1-2H3,(H2,16,18)(H,17,19)(H,20,21)/p-1/t9-,10+/m0/s1. The molecule has 0 saturated carbocycles. The number of rotatable bonds is 4. The average molecular weight is 321 g/mol. The molecule has 2 atom stereocenters. The van der Waals surface area contributed by atoms with Gasteiger partial charge < -0.3 is 21.0 Å². The molecule has 0 unspecified atom stereocenters. The van der Waals surface area contributed by atoms with E-state index in [1.807, 2.05) is 6.92 Å². The van der Waals surface area contributed by atoms with Crippen molar-refractivity contribution in [1.29, 1.82) is 0 Å². The number of amides is 2. The minimum absolute atomic E-state index is 0.269. The molecular weight excluding hydrogens is 304 g/mol. The van der Waals surface area contributed by atoms with Gasteiger partial charge in [0, 0.05) is 16.8 Å². The van der Waals surface area contributed by atoms with Crippen LogP contribution in [0.3, 0.4) is 0 Å². The van der Waals surface area contributed by atoms with Gasteiger partial charge in [0.25, 0.3) is 5.91 Å². The second kappa shape index (κ2) is 6.31. The number of carbonyl (C=O) groups excluding carboxylic acids is 3. The van der Waals surface area contributed by atoms with E-state index in [4.69, 9.17) is 5.73 Å². The summed E-state index contributed by atoms with van der Waals surface area (Å²) in [7, 11) is 0. The highest BCUT2D eigenvalue weighted by atomic mass is 32.1. The summed E-state index contributed by atoms with van der Waals surface area (Å²) in [4.78, 5) is 36.0. The Morgan fingerprint density at radius 3 is 2.36 bits per heavy atom. The van der Waals surface area contributed by atoms with Crippen LogP contribution >= 0.6 is 11.3 Å². The topological polar surface area (TPSA) is 112 Å². The van der Waals surface area contributed by atoms with E-state index in [0.717, 1.165) is 10.4 Å². The third kappa shape index (κ3) is 3.04. The van der Waals surface area contributed by atoms with Crippen LogP contribution in [0.1, 0.15) is 33.6 Å². The zero-order chi connectivity index (χ0) is 16.4. The first-order chi connectivity index (χ1) is 10.3. The molecule has 0 spiro atoms. The number of aliphatic carboxylic acids is 1. The summed E-state index contributed by atoms with van der Waals surface area (Å²) in [6.07, 6.45) is 4.12. The summed E-state index contributed by atoms with van der Waals surface area (Å²) >= 11 is 1.26. The zero-order valence-electron chi connectivity index (χ0n) is 12.3. The molecule has 0 aliphatic heterocycles. The van der Waals surface area contributed by atoms with E-state index in [9.17, 15) is 19.5 Å². The number of hydrogen-bond acceptors (Lipinski definition) is 5. The minimum atomic E-state index is -1.24. The van der Waals surface area contributed by atoms with Crippen molar-refractivity contribution in [2.75, 3.05) is 5.32 Å². The van der Waals surface area contributed by atoms with Crippen LogP contribution in [0.2, 0.25) is 0 Å². The van der Waals surface area contributed by atoms with Gasteiger partial charge in [-0.15, -0.1) is 11.3 Å². The average Bonchev–Trinajstić information content (AvgIpc) is 2.73. The van der Waals surface area contributed by atoms with E-state index < -0.39 is 29.6 Å². The number of allylic oxidation sites excluding steroid dienone is 2. The maximum absolute atomic E-state index is 12.4. The lowest BCUT2D eigenvalue weighted by molar-refractivity contribution is -0.313. The molecule has 2 rings (SSSR count). The van der Waals surface area contributed by atoms with Gasteiger partial charge in [0.05, 0.1) is 11.5 Å². The molecule has 118 valence electrons. The van der Waals surface area contributed by atoms with Crippen molar-refractivity contribution in [1.82, 2.24) is 0 Å². The molecule has 0 radical (unpaired) electrons. The first-order valence-electron chi connectivity index (χ1n) is 6.89. The highest BCUT2D eigenvalue weighted by Crippen LogP contribution is 2.34. The van der Waals surface area contributed by atoms with E-state index in [1.54, 1.807) is 19.1 Å². The van der Waals surface area contributed by atoms with E-state index >= 15 is 0 Å². The van der Waals surface area contributed by atoms with Gasteiger partial charge in [0.1, 0.15) is 5.00 Å². The Morgan fingerprint density at radius 1 is 1.23 bits per heavy atom. The Morgan fingerprint density at radius 2 is 1.82 bits per heavy atom. The predicted molar refractivity (Wildman–Crippen MR) is 81.3 cm³/mol. The van der Waals surface area contributed by atoms with Crippen LogP contribution < -0.4 is 16.2 Å². The van der Waals surface area contributed by atoms with E-state index in [-0.39, 0.29) is 12.0 Å². The number of hydrogen-bond donors (Lipinski definition) is 2. The number of carboxylic acid groups (broad SMARTS) is 1. The Kier molecular flexibility index (Phi) is 4.65. The van der Waals surface area contributed by atoms with Gasteiger partial charge in [0.2, 0.25) is 5.91 Å². The molecule has 1 aromatic rings. The van der Waals surface area contributed by atoms with Gasteiger partial charge in [-0.05, 0) is 32.3 Å². The minimum Gasteiger partial charge on any atom is -0.550 e. The van der Waals surface area contributed by atoms with Crippen molar-refractivity contribution >= 4 is 34.1 Å². The molecule has 7 heteroatoms. The van der Waals surface area contributed by atoms with Gasteiger partial charge >= 0.3 is 0 Å². The van der Waals surface area contributed by atoms with Crippen LogP contribution in [0.25, 0.3) is 0 Å². The van der Waals surface area contributed by atoms with Crippen LogP contribution in [0.15, 0.2) is 12.2 Å². The molecule has 1 aromatic heterocycles. The van der Waals surface area contributed by atoms with Crippen LogP contribution in [-0.4, -0.2) is 17.8 Å². The van der Waals surface area contributed by atoms with E-state index in [0.29, 0.717) is 11.4 Å². The van der Waals surface area contributed by atoms with Crippen LogP contribution in [0.4, 0.5) is 5.00 Å². The van der Waals surface area contributed by atoms with Gasteiger partial charge in [-0.25, -0.2) is 0 Å². The molecule has 0 aromatic carbocycles. The summed E-state index contributed by atoms with van der Waals surface area (Å²) < 4.78 is 0. The Balaban J connectivity index is 2.25. The Labute approximate surface area is 132 Å². The summed E-state index contributed by atoms with van der Waals surface area (Å²) in [6, 6.07) is 0. The van der Waals surface area contributed by atoms with Crippen molar-refractivity contribution < 1.29 is 19.5 Å². The lowest BCUT2D eigenvalue weighted by Gasteiger charge is -2.28. The Hall–Kier alpha value is -2.15. The van der Waals surface area contributed by atoms with E-state index in [1.165, 1.54) is 11.3 Å². The quantitative estimate of drug-likeness (QED) is 0.796. The molecule has 2 amide bonds. The van der Waals surface area contributed by atoms with Crippen molar-refractivity contribution in [3.8, 4) is 0 Å². The first kappa shape index (κ1) is 16.2. The fourth-order valence-corrected chi connectivity index (χ4v) is 3.65. The number of nitrogens with two attached hydrogens (primary N) is 1. The SMILES string of the molecule is Cc1sc(NC(=O)[C@H]2CC=CC[C@H]2C(=O)[O-])c(C(N)=O)c1C. The molecule has 1 heterocycles. The van der Waals surface area contributed by atoms with Crippen molar-refractivity contribution in [2.24, 2.45) is 17.6 Å². The van der Waals surface area contributed by atoms with Crippen LogP contribution in [0.5, 0.6) is 0 Å². The van der Waals surface area contributed by atoms with Crippen molar-refractivity contribution in [2.45, 2.75) is 26.7 Å². The number of thiophene rings is 1. The second-order valence-corrected chi connectivity index (χ2v) is 6.54. The molecule has 0 bridgehead atoms. The lowest BCUT2D eigenvalue weighted by atomic mass is 9.82. The highest BCUT2D eigenvalue weighted by Gasteiger charge is 2.31. The van der Waals surface area contributed by atoms with Crippen LogP contribution in [0, 0.1) is 25.7 Å². The lowest BCUT2D eigenvalue weighted by Crippen LogP contribution is -2.41. The number of primary amides is 1. The van der Waals surface area contributed by atoms with Crippen molar-refractivity contribution in [3.05, 3.63) is 28.2 Å². The third-order valence-electron chi connectivity index (χ3n) is 3.94. The fourth-order valence-electron chi connectivity index (χ4n) is 2.58. The van der Waals surface area contributed by atoms with Crippen molar-refractivity contribution in [3.63, 3.8) is 0 Å². The summed E-state index contributed by atoms with van der Waals surface area (Å²) in [5.74, 6) is -3.85. The molecular formula is C15H17N2O4S-. The first-order valence-corrected chi connectivity index (χ1v) is 7.71. The number of carbonyl (C=O) groups is 3. The summed E-state index contributed by atoms with van der Waals surface area (Å²) in [6.45, 7) is 3.59. The van der Waals surface area contributed by atoms with Gasteiger partial charge in [-0.2, -0.15) is 0 Å². The van der Waals surface area contributed by atoms with E-state index in [2.05, 4.69) is 5.32 Å². The molecule has 0 fully saturated rings. The molecule has 0 saturated heterocycles. The third-order valence-corrected chi connectivity index (χ3v) is 5.06. The maximum Gasteiger partial charge on any atom is 0.251 e. The summed E-state index contributed by atoms with van der Waals surface area (Å²) in [5, 5.41) is 14.2. The van der Waals surface area contributed by atoms with Gasteiger partial charge in [0.15, 0.2) is 0 Å². The second-order valence-electron chi connectivity index (χ2n) is 5.32. The number of nitrogens with one attached hydrogen (secondary N) is 1.